The van der Waals surface area contributed by atoms with Crippen molar-refractivity contribution in [1.82, 2.24) is 24.6 Å². The largest absolute Gasteiger partial charge is 0.327 e. The molecule has 0 bridgehead atoms. The van der Waals surface area contributed by atoms with E-state index in [0.29, 0.717) is 0 Å². The molecule has 2 aliphatic rings. The van der Waals surface area contributed by atoms with Crippen molar-refractivity contribution in [2.75, 3.05) is 6.54 Å². The van der Waals surface area contributed by atoms with Gasteiger partial charge in [-0.3, -0.25) is 9.69 Å². The Balaban J connectivity index is 1.79. The van der Waals surface area contributed by atoms with Gasteiger partial charge >= 0.3 is 6.03 Å². The Morgan fingerprint density at radius 2 is 1.95 bits per heavy atom. The summed E-state index contributed by atoms with van der Waals surface area (Å²) in [6.07, 6.45) is 4.33. The van der Waals surface area contributed by atoms with E-state index in [1.807, 2.05) is 13.8 Å². The number of carbonyl (C=O) groups is 2. The van der Waals surface area contributed by atoms with Crippen molar-refractivity contribution in [2.45, 2.75) is 58.7 Å². The first kappa shape index (κ1) is 14.0. The molecule has 0 aromatic carbocycles. The molecule has 1 aromatic rings. The van der Waals surface area contributed by atoms with E-state index in [4.69, 9.17) is 0 Å². The first-order valence-corrected chi connectivity index (χ1v) is 7.60. The number of hydrogen-bond donors (Lipinski definition) is 0. The molecular formula is C14H21N5O2. The molecule has 3 rings (SSSR count). The molecule has 1 saturated heterocycles. The molecule has 2 aliphatic heterocycles. The van der Waals surface area contributed by atoms with Crippen molar-refractivity contribution < 1.29 is 9.59 Å². The number of fused-ring (bicyclic) bond motifs is 1. The molecule has 3 amide bonds. The SMILES string of the molecule is CC(C)N1CC(=O)N(Cc2nnc3n2CCCCC3)C1=O. The molecule has 114 valence electrons. The van der Waals surface area contributed by atoms with Crippen LogP contribution in [-0.4, -0.2) is 49.1 Å². The zero-order valence-corrected chi connectivity index (χ0v) is 12.6. The van der Waals surface area contributed by atoms with Gasteiger partial charge in [0.1, 0.15) is 12.4 Å². The van der Waals surface area contributed by atoms with Crippen molar-refractivity contribution in [3.05, 3.63) is 11.6 Å². The standard InChI is InChI=1S/C14H21N5O2/c1-10(2)18-9-13(20)19(14(18)21)8-12-16-15-11-6-4-3-5-7-17(11)12/h10H,3-9H2,1-2H3. The van der Waals surface area contributed by atoms with Crippen LogP contribution in [0.15, 0.2) is 0 Å². The van der Waals surface area contributed by atoms with E-state index >= 15 is 0 Å². The summed E-state index contributed by atoms with van der Waals surface area (Å²) in [5.41, 5.74) is 0. The van der Waals surface area contributed by atoms with Gasteiger partial charge in [-0.15, -0.1) is 10.2 Å². The second kappa shape index (κ2) is 5.46. The minimum absolute atomic E-state index is 0.0296. The molecule has 0 aliphatic carbocycles. The lowest BCUT2D eigenvalue weighted by atomic mass is 10.2. The highest BCUT2D eigenvalue weighted by Crippen LogP contribution is 2.19. The van der Waals surface area contributed by atoms with E-state index < -0.39 is 0 Å². The monoisotopic (exact) mass is 291 g/mol. The summed E-state index contributed by atoms with van der Waals surface area (Å²) in [6.45, 7) is 5.10. The predicted molar refractivity (Wildman–Crippen MR) is 75.4 cm³/mol. The van der Waals surface area contributed by atoms with Crippen LogP contribution in [0.4, 0.5) is 4.79 Å². The van der Waals surface area contributed by atoms with Crippen LogP contribution in [0.2, 0.25) is 0 Å². The van der Waals surface area contributed by atoms with Crippen LogP contribution in [-0.2, 0) is 24.3 Å². The van der Waals surface area contributed by atoms with Gasteiger partial charge in [-0.05, 0) is 26.7 Å². The van der Waals surface area contributed by atoms with Crippen LogP contribution >= 0.6 is 0 Å². The molecule has 7 heteroatoms. The quantitative estimate of drug-likeness (QED) is 0.784. The molecule has 21 heavy (non-hydrogen) atoms. The Morgan fingerprint density at radius 1 is 1.14 bits per heavy atom. The van der Waals surface area contributed by atoms with Crippen molar-refractivity contribution in [1.29, 1.82) is 0 Å². The van der Waals surface area contributed by atoms with Gasteiger partial charge in [0, 0.05) is 19.0 Å². The smallest absolute Gasteiger partial charge is 0.313 e. The molecular weight excluding hydrogens is 270 g/mol. The maximum atomic E-state index is 12.3. The summed E-state index contributed by atoms with van der Waals surface area (Å²) in [4.78, 5) is 27.2. The first-order valence-electron chi connectivity index (χ1n) is 7.60. The fraction of sp³-hybridized carbons (Fsp3) is 0.714. The van der Waals surface area contributed by atoms with Gasteiger partial charge in [0.25, 0.3) is 5.91 Å². The lowest BCUT2D eigenvalue weighted by Gasteiger charge is -2.20. The summed E-state index contributed by atoms with van der Waals surface area (Å²) >= 11 is 0. The third kappa shape index (κ3) is 2.52. The number of nitrogens with zero attached hydrogens (tertiary/aromatic N) is 5. The number of rotatable bonds is 3. The van der Waals surface area contributed by atoms with Crippen molar-refractivity contribution in [3.8, 4) is 0 Å². The fourth-order valence-electron chi connectivity index (χ4n) is 2.92. The highest BCUT2D eigenvalue weighted by molar-refractivity contribution is 6.02. The Kier molecular flexibility index (Phi) is 3.65. The number of aryl methyl sites for hydroxylation is 1. The molecule has 0 unspecified atom stereocenters. The summed E-state index contributed by atoms with van der Waals surface area (Å²) in [5, 5.41) is 8.40. The van der Waals surface area contributed by atoms with Crippen LogP contribution in [0.5, 0.6) is 0 Å². The average molecular weight is 291 g/mol. The maximum absolute atomic E-state index is 12.3. The molecule has 0 radical (unpaired) electrons. The minimum atomic E-state index is -0.221. The third-order valence-electron chi connectivity index (χ3n) is 4.19. The molecule has 3 heterocycles. The molecule has 0 spiro atoms. The van der Waals surface area contributed by atoms with Gasteiger partial charge in [0.05, 0.1) is 6.54 Å². The van der Waals surface area contributed by atoms with Gasteiger partial charge < -0.3 is 9.47 Å². The predicted octanol–water partition coefficient (Wildman–Crippen LogP) is 1.18. The molecule has 1 fully saturated rings. The van der Waals surface area contributed by atoms with Crippen molar-refractivity contribution >= 4 is 11.9 Å². The number of urea groups is 1. The Bertz CT molecular complexity index is 566. The van der Waals surface area contributed by atoms with Crippen molar-refractivity contribution in [2.24, 2.45) is 0 Å². The zero-order chi connectivity index (χ0) is 15.0. The first-order chi connectivity index (χ1) is 10.1. The van der Waals surface area contributed by atoms with Crippen LogP contribution in [0, 0.1) is 0 Å². The van der Waals surface area contributed by atoms with E-state index in [-0.39, 0.29) is 31.1 Å². The van der Waals surface area contributed by atoms with Crippen LogP contribution in [0.25, 0.3) is 0 Å². The molecule has 0 atom stereocenters. The number of carbonyl (C=O) groups excluding carboxylic acids is 2. The maximum Gasteiger partial charge on any atom is 0.327 e. The van der Waals surface area contributed by atoms with Gasteiger partial charge in [-0.25, -0.2) is 4.79 Å². The van der Waals surface area contributed by atoms with Gasteiger partial charge in [-0.1, -0.05) is 6.42 Å². The Labute approximate surface area is 123 Å². The van der Waals surface area contributed by atoms with Crippen molar-refractivity contribution in [3.63, 3.8) is 0 Å². The summed E-state index contributed by atoms with van der Waals surface area (Å²) in [6, 6.07) is -0.192. The topological polar surface area (TPSA) is 71.3 Å². The second-order valence-corrected chi connectivity index (χ2v) is 5.98. The average Bonchev–Trinajstić information content (AvgIpc) is 2.84. The lowest BCUT2D eigenvalue weighted by molar-refractivity contribution is -0.125. The highest BCUT2D eigenvalue weighted by atomic mass is 16.2. The Hall–Kier alpha value is -1.92. The third-order valence-corrected chi connectivity index (χ3v) is 4.19. The van der Waals surface area contributed by atoms with Gasteiger partial charge in [-0.2, -0.15) is 0 Å². The molecule has 1 aromatic heterocycles. The van der Waals surface area contributed by atoms with E-state index in [0.717, 1.165) is 37.5 Å². The molecule has 0 saturated carbocycles. The summed E-state index contributed by atoms with van der Waals surface area (Å²) in [7, 11) is 0. The highest BCUT2D eigenvalue weighted by Gasteiger charge is 2.38. The van der Waals surface area contributed by atoms with E-state index in [1.165, 1.54) is 11.3 Å². The summed E-state index contributed by atoms with van der Waals surface area (Å²) in [5.74, 6) is 1.54. The number of amides is 3. The van der Waals surface area contributed by atoms with Crippen LogP contribution < -0.4 is 0 Å². The van der Waals surface area contributed by atoms with E-state index in [2.05, 4.69) is 14.8 Å². The van der Waals surface area contributed by atoms with Crippen LogP contribution in [0.1, 0.15) is 44.8 Å². The number of imide groups is 1. The number of aromatic nitrogens is 3. The molecule has 7 nitrogen and oxygen atoms in total. The fourth-order valence-corrected chi connectivity index (χ4v) is 2.92. The molecule has 0 N–H and O–H groups in total. The van der Waals surface area contributed by atoms with E-state index in [1.54, 1.807) is 4.90 Å². The summed E-state index contributed by atoms with van der Waals surface area (Å²) < 4.78 is 2.07. The van der Waals surface area contributed by atoms with Gasteiger partial charge in [0.2, 0.25) is 0 Å². The van der Waals surface area contributed by atoms with E-state index in [9.17, 15) is 9.59 Å². The van der Waals surface area contributed by atoms with Crippen LogP contribution in [0.3, 0.4) is 0 Å². The zero-order valence-electron chi connectivity index (χ0n) is 12.6. The van der Waals surface area contributed by atoms with Gasteiger partial charge in [0.15, 0.2) is 5.82 Å². The normalized spacial score (nSPS) is 19.4. The Morgan fingerprint density at radius 3 is 2.67 bits per heavy atom. The minimum Gasteiger partial charge on any atom is -0.313 e. The number of hydrogen-bond acceptors (Lipinski definition) is 4. The second-order valence-electron chi connectivity index (χ2n) is 5.98. The lowest BCUT2D eigenvalue weighted by Crippen LogP contribution is -2.36.